The first kappa shape index (κ1) is 22.0. The number of non-ortho nitro benzene ring substituents is 1. The second-order valence-electron chi connectivity index (χ2n) is 7.96. The predicted molar refractivity (Wildman–Crippen MR) is 123 cm³/mol. The Morgan fingerprint density at radius 1 is 1.06 bits per heavy atom. The quantitative estimate of drug-likeness (QED) is 0.191. The van der Waals surface area contributed by atoms with Gasteiger partial charge in [0.05, 0.1) is 18.5 Å². The third-order valence-corrected chi connectivity index (χ3v) is 5.87. The van der Waals surface area contributed by atoms with Crippen molar-refractivity contribution >= 4 is 22.6 Å². The number of nitrogens with zero attached hydrogens (tertiary/aromatic N) is 1. The molecule has 35 heavy (non-hydrogen) atoms. The molecular weight excluding hydrogens is 458 g/mol. The van der Waals surface area contributed by atoms with Crippen molar-refractivity contribution in [3.63, 3.8) is 0 Å². The molecule has 0 bridgehead atoms. The summed E-state index contributed by atoms with van der Waals surface area (Å²) < 4.78 is 16.4. The van der Waals surface area contributed by atoms with Crippen LogP contribution in [-0.2, 0) is 4.79 Å². The van der Waals surface area contributed by atoms with Crippen molar-refractivity contribution in [3.8, 4) is 34.3 Å². The standard InChI is InChI=1S/C25H17NO9/c1-33-19-6-5-13(8-16(19)27)20-10-17(28)24-18(29)11-21-23(25(24)35-20)15(9-22(30)34-21)12-3-2-4-14(7-12)26(31)32/h2-8,10-11,15,27,29H,9H2,1H3/t15-/m1/s1. The SMILES string of the molecule is COc1ccc(-c2cc(=O)c3c(O)cc4c(c3o2)[C@@H](c2cccc([N+](=O)[O-])c2)CC(=O)O4)cc1O. The van der Waals surface area contributed by atoms with Gasteiger partial charge in [-0.2, -0.15) is 0 Å². The van der Waals surface area contributed by atoms with Crippen LogP contribution in [0.15, 0.2) is 63.8 Å². The first-order valence-electron chi connectivity index (χ1n) is 10.4. The summed E-state index contributed by atoms with van der Waals surface area (Å²) in [5.41, 5.74) is 0.350. The number of hydrogen-bond donors (Lipinski definition) is 2. The normalized spacial score (nSPS) is 14.9. The zero-order chi connectivity index (χ0) is 24.9. The first-order valence-corrected chi connectivity index (χ1v) is 10.4. The van der Waals surface area contributed by atoms with Crippen LogP contribution in [0.1, 0.15) is 23.5 Å². The van der Waals surface area contributed by atoms with Crippen LogP contribution in [0.2, 0.25) is 0 Å². The molecule has 0 saturated heterocycles. The van der Waals surface area contributed by atoms with Gasteiger partial charge in [-0.25, -0.2) is 0 Å². The topological polar surface area (TPSA) is 149 Å². The van der Waals surface area contributed by atoms with E-state index in [-0.39, 0.29) is 46.1 Å². The maximum Gasteiger partial charge on any atom is 0.312 e. The molecule has 0 spiro atoms. The van der Waals surface area contributed by atoms with E-state index in [0.717, 1.165) is 6.07 Å². The number of phenolic OH excluding ortho intramolecular Hbond substituents is 2. The molecule has 0 fully saturated rings. The van der Waals surface area contributed by atoms with Gasteiger partial charge < -0.3 is 24.1 Å². The number of benzene rings is 3. The van der Waals surface area contributed by atoms with E-state index in [0.29, 0.717) is 16.7 Å². The highest BCUT2D eigenvalue weighted by molar-refractivity contribution is 5.93. The summed E-state index contributed by atoms with van der Waals surface area (Å²) in [5.74, 6) is -1.66. The lowest BCUT2D eigenvalue weighted by Gasteiger charge is -2.26. The van der Waals surface area contributed by atoms with Gasteiger partial charge in [0.1, 0.15) is 28.2 Å². The molecule has 2 heterocycles. The number of rotatable bonds is 4. The number of hydrogen-bond acceptors (Lipinski definition) is 9. The average Bonchev–Trinajstić information content (AvgIpc) is 2.83. The lowest BCUT2D eigenvalue weighted by Crippen LogP contribution is -2.22. The molecule has 2 N–H and O–H groups in total. The molecule has 0 radical (unpaired) electrons. The summed E-state index contributed by atoms with van der Waals surface area (Å²) in [6.07, 6.45) is -0.161. The van der Waals surface area contributed by atoms with E-state index in [1.165, 1.54) is 43.5 Å². The maximum absolute atomic E-state index is 13.0. The summed E-state index contributed by atoms with van der Waals surface area (Å²) in [4.78, 5) is 36.2. The Morgan fingerprint density at radius 2 is 1.86 bits per heavy atom. The molecule has 1 atom stereocenters. The molecule has 4 aromatic rings. The van der Waals surface area contributed by atoms with Crippen LogP contribution in [0.3, 0.4) is 0 Å². The smallest absolute Gasteiger partial charge is 0.312 e. The van der Waals surface area contributed by atoms with Gasteiger partial charge in [-0.3, -0.25) is 19.7 Å². The molecule has 5 rings (SSSR count). The highest BCUT2D eigenvalue weighted by atomic mass is 16.6. The number of carbonyl (C=O) groups excluding carboxylic acids is 1. The average molecular weight is 475 g/mol. The van der Waals surface area contributed by atoms with Crippen LogP contribution in [0.5, 0.6) is 23.0 Å². The van der Waals surface area contributed by atoms with Crippen molar-refractivity contribution in [1.82, 2.24) is 0 Å². The molecule has 1 aromatic heterocycles. The summed E-state index contributed by atoms with van der Waals surface area (Å²) >= 11 is 0. The number of nitro groups is 1. The number of ether oxygens (including phenoxy) is 2. The fraction of sp³-hybridized carbons (Fsp3) is 0.120. The number of methoxy groups -OCH3 is 1. The van der Waals surface area contributed by atoms with Crippen molar-refractivity contribution in [2.24, 2.45) is 0 Å². The Bertz CT molecular complexity index is 1590. The zero-order valence-corrected chi connectivity index (χ0v) is 18.2. The molecule has 0 amide bonds. The fourth-order valence-corrected chi connectivity index (χ4v) is 4.28. The van der Waals surface area contributed by atoms with Crippen LogP contribution in [0.25, 0.3) is 22.3 Å². The molecule has 176 valence electrons. The Kier molecular flexibility index (Phi) is 5.13. The summed E-state index contributed by atoms with van der Waals surface area (Å²) in [6, 6.07) is 12.6. The van der Waals surface area contributed by atoms with Gasteiger partial charge in [0.25, 0.3) is 5.69 Å². The van der Waals surface area contributed by atoms with Crippen LogP contribution >= 0.6 is 0 Å². The molecule has 10 nitrogen and oxygen atoms in total. The predicted octanol–water partition coefficient (Wildman–Crippen LogP) is 4.23. The fourth-order valence-electron chi connectivity index (χ4n) is 4.28. The molecular formula is C25H17NO9. The zero-order valence-electron chi connectivity index (χ0n) is 18.2. The number of phenols is 2. The van der Waals surface area contributed by atoms with Gasteiger partial charge in [0.2, 0.25) is 0 Å². The van der Waals surface area contributed by atoms with E-state index in [1.807, 2.05) is 0 Å². The summed E-state index contributed by atoms with van der Waals surface area (Å²) in [7, 11) is 1.40. The maximum atomic E-state index is 13.0. The number of nitro benzene ring substituents is 1. The molecule has 0 saturated carbocycles. The Labute approximate surface area is 196 Å². The van der Waals surface area contributed by atoms with Crippen molar-refractivity contribution in [3.05, 3.63) is 86.1 Å². The van der Waals surface area contributed by atoms with Gasteiger partial charge in [0, 0.05) is 41.3 Å². The third-order valence-electron chi connectivity index (χ3n) is 5.87. The monoisotopic (exact) mass is 475 g/mol. The first-order chi connectivity index (χ1) is 16.8. The van der Waals surface area contributed by atoms with Crippen molar-refractivity contribution in [2.75, 3.05) is 7.11 Å². The van der Waals surface area contributed by atoms with Crippen LogP contribution in [0.4, 0.5) is 5.69 Å². The van der Waals surface area contributed by atoms with Gasteiger partial charge in [0.15, 0.2) is 16.9 Å². The second-order valence-corrected chi connectivity index (χ2v) is 7.96. The summed E-state index contributed by atoms with van der Waals surface area (Å²) in [6.45, 7) is 0. The van der Waals surface area contributed by atoms with E-state index in [4.69, 9.17) is 13.9 Å². The highest BCUT2D eigenvalue weighted by Crippen LogP contribution is 2.46. The van der Waals surface area contributed by atoms with E-state index in [2.05, 4.69) is 0 Å². The van der Waals surface area contributed by atoms with Crippen molar-refractivity contribution in [2.45, 2.75) is 12.3 Å². The minimum Gasteiger partial charge on any atom is -0.507 e. The number of esters is 1. The Morgan fingerprint density at radius 3 is 2.57 bits per heavy atom. The Hall–Kier alpha value is -4.86. The third kappa shape index (κ3) is 3.70. The molecule has 3 aromatic carbocycles. The second kappa shape index (κ2) is 8.17. The van der Waals surface area contributed by atoms with E-state index < -0.39 is 28.0 Å². The van der Waals surface area contributed by atoms with Gasteiger partial charge in [-0.05, 0) is 23.8 Å². The van der Waals surface area contributed by atoms with Crippen molar-refractivity contribution < 1.29 is 33.8 Å². The number of fused-ring (bicyclic) bond motifs is 3. The van der Waals surface area contributed by atoms with Crippen LogP contribution in [-0.4, -0.2) is 28.2 Å². The molecule has 1 aliphatic rings. The van der Waals surface area contributed by atoms with Gasteiger partial charge >= 0.3 is 5.97 Å². The highest BCUT2D eigenvalue weighted by Gasteiger charge is 2.34. The molecule has 0 aliphatic carbocycles. The summed E-state index contributed by atoms with van der Waals surface area (Å²) in [5, 5.41) is 31.9. The van der Waals surface area contributed by atoms with E-state index in [1.54, 1.807) is 12.1 Å². The lowest BCUT2D eigenvalue weighted by molar-refractivity contribution is -0.384. The van der Waals surface area contributed by atoms with Gasteiger partial charge in [-0.1, -0.05) is 12.1 Å². The molecule has 1 aliphatic heterocycles. The lowest BCUT2D eigenvalue weighted by atomic mass is 9.85. The Balaban J connectivity index is 1.79. The van der Waals surface area contributed by atoms with Crippen molar-refractivity contribution in [1.29, 1.82) is 0 Å². The minimum absolute atomic E-state index is 0.0133. The number of carbonyl (C=O) groups is 1. The molecule has 0 unspecified atom stereocenters. The number of aromatic hydroxyl groups is 2. The van der Waals surface area contributed by atoms with Crippen LogP contribution < -0.4 is 14.9 Å². The largest absolute Gasteiger partial charge is 0.507 e. The van der Waals surface area contributed by atoms with Crippen LogP contribution in [0, 0.1) is 10.1 Å². The molecule has 10 heteroatoms. The van der Waals surface area contributed by atoms with E-state index >= 15 is 0 Å². The van der Waals surface area contributed by atoms with Gasteiger partial charge in [-0.15, -0.1) is 0 Å². The minimum atomic E-state index is -0.739. The van der Waals surface area contributed by atoms with E-state index in [9.17, 15) is 29.9 Å².